The lowest BCUT2D eigenvalue weighted by Crippen LogP contribution is -2.63. The fourth-order valence-corrected chi connectivity index (χ4v) is 9.76. The van der Waals surface area contributed by atoms with Gasteiger partial charge in [0, 0.05) is 36.2 Å². The molecule has 2 heterocycles. The summed E-state index contributed by atoms with van der Waals surface area (Å²) in [4.78, 5) is 13.8. The number of rotatable bonds is 4. The van der Waals surface area contributed by atoms with E-state index in [1.165, 1.54) is 89.0 Å². The Kier molecular flexibility index (Phi) is 9.92. The van der Waals surface area contributed by atoms with Gasteiger partial charge in [-0.3, -0.25) is 15.4 Å². The van der Waals surface area contributed by atoms with Crippen LogP contribution in [-0.2, 0) is 4.79 Å². The molecule has 1 spiro atoms. The predicted octanol–water partition coefficient (Wildman–Crippen LogP) is 7.58. The Bertz CT molecular complexity index is 1020. The van der Waals surface area contributed by atoms with Gasteiger partial charge >= 0.3 is 0 Å². The molecule has 6 heteroatoms. The highest BCUT2D eigenvalue weighted by atomic mass is 19.1. The van der Waals surface area contributed by atoms with Gasteiger partial charge in [-0.25, -0.2) is 4.39 Å². The van der Waals surface area contributed by atoms with Crippen LogP contribution in [0.2, 0.25) is 0 Å². The first-order valence-corrected chi connectivity index (χ1v) is 17.8. The summed E-state index contributed by atoms with van der Waals surface area (Å²) < 4.78 is 16.1. The topological polar surface area (TPSA) is 65.2 Å². The summed E-state index contributed by atoms with van der Waals surface area (Å²) in [5.41, 5.74) is 1.82. The number of anilines is 1. The molecule has 5 aliphatic rings. The van der Waals surface area contributed by atoms with Crippen molar-refractivity contribution in [2.75, 3.05) is 18.4 Å². The molecule has 1 aromatic rings. The zero-order valence-electron chi connectivity index (χ0n) is 26.2. The van der Waals surface area contributed by atoms with Crippen LogP contribution in [0.15, 0.2) is 24.3 Å². The van der Waals surface area contributed by atoms with Gasteiger partial charge in [-0.05, 0) is 74.5 Å². The van der Waals surface area contributed by atoms with Gasteiger partial charge in [0.05, 0.1) is 11.7 Å². The summed E-state index contributed by atoms with van der Waals surface area (Å²) in [6.07, 6.45) is 20.4. The van der Waals surface area contributed by atoms with Crippen LogP contribution in [-0.4, -0.2) is 42.9 Å². The molecule has 0 aromatic heterocycles. The van der Waals surface area contributed by atoms with Crippen LogP contribution in [0.5, 0.6) is 0 Å². The lowest BCUT2D eigenvalue weighted by Gasteiger charge is -2.50. The van der Waals surface area contributed by atoms with Gasteiger partial charge in [0.2, 0.25) is 5.91 Å². The highest BCUT2D eigenvalue weighted by Crippen LogP contribution is 2.56. The van der Waals surface area contributed by atoms with E-state index in [2.05, 4.69) is 46.4 Å². The number of benzene rings is 1. The SMILES string of the molecule is CC1CCC(F)C2(C3CCCCCCC3)CC(C(=O)Nc3cccc(C4CNC5(CCCCCCCC5)NC4)c3)NC12. The van der Waals surface area contributed by atoms with Gasteiger partial charge in [-0.1, -0.05) is 89.7 Å². The minimum absolute atomic E-state index is 0.00982. The van der Waals surface area contributed by atoms with Gasteiger partial charge in [0.15, 0.2) is 0 Å². The molecule has 1 aromatic carbocycles. The Morgan fingerprint density at radius 2 is 1.50 bits per heavy atom. The molecule has 0 bridgehead atoms. The molecule has 2 saturated heterocycles. The summed E-state index contributed by atoms with van der Waals surface area (Å²) in [7, 11) is 0. The van der Waals surface area contributed by atoms with Crippen molar-refractivity contribution < 1.29 is 9.18 Å². The minimum Gasteiger partial charge on any atom is -0.325 e. The second kappa shape index (κ2) is 13.6. The van der Waals surface area contributed by atoms with Gasteiger partial charge in [-0.15, -0.1) is 0 Å². The number of amides is 1. The Labute approximate surface area is 254 Å². The van der Waals surface area contributed by atoms with E-state index in [0.29, 0.717) is 30.6 Å². The molecule has 4 N–H and O–H groups in total. The molecule has 5 fully saturated rings. The number of carbonyl (C=O) groups is 1. The van der Waals surface area contributed by atoms with Gasteiger partial charge in [0.1, 0.15) is 6.17 Å². The van der Waals surface area contributed by atoms with Crippen molar-refractivity contribution in [1.82, 2.24) is 16.0 Å². The van der Waals surface area contributed by atoms with Crippen molar-refractivity contribution in [2.45, 2.75) is 152 Å². The second-order valence-electron chi connectivity index (χ2n) is 14.9. The van der Waals surface area contributed by atoms with Gasteiger partial charge in [-0.2, -0.15) is 0 Å². The third kappa shape index (κ3) is 6.47. The van der Waals surface area contributed by atoms with Crippen molar-refractivity contribution in [1.29, 1.82) is 0 Å². The van der Waals surface area contributed by atoms with Crippen molar-refractivity contribution >= 4 is 11.6 Å². The molecule has 42 heavy (non-hydrogen) atoms. The number of hydrogen-bond donors (Lipinski definition) is 4. The number of carbonyl (C=O) groups excluding carboxylic acids is 1. The molecule has 6 rings (SSSR count). The first kappa shape index (κ1) is 30.5. The molecule has 5 nitrogen and oxygen atoms in total. The van der Waals surface area contributed by atoms with E-state index in [-0.39, 0.29) is 23.7 Å². The van der Waals surface area contributed by atoms with E-state index in [9.17, 15) is 4.79 Å². The lowest BCUT2D eigenvalue weighted by molar-refractivity contribution is -0.118. The van der Waals surface area contributed by atoms with Crippen LogP contribution in [0, 0.1) is 17.3 Å². The largest absolute Gasteiger partial charge is 0.325 e. The Hall–Kier alpha value is -1.50. The summed E-state index contributed by atoms with van der Waals surface area (Å²) in [5, 5.41) is 14.8. The first-order valence-electron chi connectivity index (χ1n) is 17.8. The van der Waals surface area contributed by atoms with Crippen molar-refractivity contribution in [2.24, 2.45) is 17.3 Å². The average molecular weight is 581 g/mol. The molecule has 1 amide bonds. The fourth-order valence-electron chi connectivity index (χ4n) is 9.76. The van der Waals surface area contributed by atoms with Crippen LogP contribution in [0.25, 0.3) is 0 Å². The number of nitrogens with one attached hydrogen (secondary N) is 4. The van der Waals surface area contributed by atoms with Crippen LogP contribution >= 0.6 is 0 Å². The maximum atomic E-state index is 16.1. The maximum absolute atomic E-state index is 16.1. The predicted molar refractivity (Wildman–Crippen MR) is 170 cm³/mol. The highest BCUT2D eigenvalue weighted by molar-refractivity contribution is 5.95. The number of hydrogen-bond acceptors (Lipinski definition) is 4. The average Bonchev–Trinajstić information content (AvgIpc) is 3.44. The van der Waals surface area contributed by atoms with Crippen LogP contribution in [0.3, 0.4) is 0 Å². The van der Waals surface area contributed by atoms with Gasteiger partial charge < -0.3 is 10.6 Å². The van der Waals surface area contributed by atoms with E-state index in [1.807, 2.05) is 6.07 Å². The molecule has 5 unspecified atom stereocenters. The first-order chi connectivity index (χ1) is 20.5. The maximum Gasteiger partial charge on any atom is 0.241 e. The van der Waals surface area contributed by atoms with E-state index < -0.39 is 11.6 Å². The molecule has 2 aliphatic heterocycles. The van der Waals surface area contributed by atoms with Crippen LogP contribution in [0.4, 0.5) is 10.1 Å². The number of alkyl halides is 1. The molecule has 3 saturated carbocycles. The molecular formula is C36H57FN4O. The van der Waals surface area contributed by atoms with Crippen molar-refractivity contribution in [3.05, 3.63) is 29.8 Å². The van der Waals surface area contributed by atoms with Crippen LogP contribution < -0.4 is 21.3 Å². The smallest absolute Gasteiger partial charge is 0.241 e. The zero-order chi connectivity index (χ0) is 29.0. The Morgan fingerprint density at radius 1 is 0.857 bits per heavy atom. The number of halogens is 1. The third-order valence-corrected chi connectivity index (χ3v) is 12.2. The Balaban J connectivity index is 1.11. The van der Waals surface area contributed by atoms with E-state index >= 15 is 4.39 Å². The standard InChI is InChI=1S/C36H57FN4O/c1-26-18-19-32(37)36(29-15-9-5-4-6-10-16-29)23-31(41-33(26)36)34(42)40-30-17-13-14-27(22-30)28-24-38-35(39-25-28)20-11-7-2-3-8-12-21-35/h13-14,17,22,26,28-29,31-33,38-39,41H,2-12,15-16,18-21,23-25H2,1H3,(H,40,42). The second-order valence-corrected chi connectivity index (χ2v) is 14.9. The Morgan fingerprint density at radius 3 is 2.19 bits per heavy atom. The van der Waals surface area contributed by atoms with E-state index in [0.717, 1.165) is 38.0 Å². The summed E-state index contributed by atoms with van der Waals surface area (Å²) >= 11 is 0. The zero-order valence-corrected chi connectivity index (χ0v) is 26.2. The number of fused-ring (bicyclic) bond motifs is 1. The molecule has 5 atom stereocenters. The van der Waals surface area contributed by atoms with Crippen molar-refractivity contribution in [3.8, 4) is 0 Å². The fraction of sp³-hybridized carbons (Fsp3) is 0.806. The van der Waals surface area contributed by atoms with E-state index in [1.54, 1.807) is 0 Å². The molecule has 3 aliphatic carbocycles. The molecule has 234 valence electrons. The minimum atomic E-state index is -0.812. The van der Waals surface area contributed by atoms with E-state index in [4.69, 9.17) is 0 Å². The van der Waals surface area contributed by atoms with Gasteiger partial charge in [0.25, 0.3) is 0 Å². The summed E-state index contributed by atoms with van der Waals surface area (Å²) in [5.74, 6) is 1.17. The third-order valence-electron chi connectivity index (χ3n) is 12.2. The lowest BCUT2D eigenvalue weighted by atomic mass is 9.56. The van der Waals surface area contributed by atoms with Crippen molar-refractivity contribution in [3.63, 3.8) is 0 Å². The highest BCUT2D eigenvalue weighted by Gasteiger charge is 2.60. The van der Waals surface area contributed by atoms with Crippen LogP contribution in [0.1, 0.15) is 134 Å². The molecule has 0 radical (unpaired) electrons. The molecular weight excluding hydrogens is 523 g/mol. The summed E-state index contributed by atoms with van der Waals surface area (Å²) in [6, 6.07) is 8.22. The summed E-state index contributed by atoms with van der Waals surface area (Å²) in [6.45, 7) is 4.21. The monoisotopic (exact) mass is 580 g/mol. The normalized spacial score (nSPS) is 35.3. The quantitative estimate of drug-likeness (QED) is 0.297.